The number of carbonyl (C=O) groups is 1. The second-order valence-electron chi connectivity index (χ2n) is 8.10. The maximum Gasteiger partial charge on any atom is 0.237 e. The summed E-state index contributed by atoms with van der Waals surface area (Å²) in [4.78, 5) is 24.0. The van der Waals surface area contributed by atoms with Crippen LogP contribution in [0.3, 0.4) is 0 Å². The van der Waals surface area contributed by atoms with E-state index in [0.717, 1.165) is 23.4 Å². The summed E-state index contributed by atoms with van der Waals surface area (Å²) in [5.74, 6) is 0.938. The number of hydrogen-bond donors (Lipinski definition) is 0. The first-order chi connectivity index (χ1) is 15.6. The summed E-state index contributed by atoms with van der Waals surface area (Å²) in [5.41, 5.74) is 2.11. The summed E-state index contributed by atoms with van der Waals surface area (Å²) in [6.45, 7) is 5.56. The molecule has 0 bridgehead atoms. The Kier molecular flexibility index (Phi) is 7.52. The SMILES string of the molecule is COc1ccc(CN2CC(OCc3cccnc3)CN(Cc3ccc(C)s3)CC2=O)cc1. The molecule has 1 atom stereocenters. The lowest BCUT2D eigenvalue weighted by Crippen LogP contribution is -2.37. The van der Waals surface area contributed by atoms with Gasteiger partial charge in [0.1, 0.15) is 5.75 Å². The van der Waals surface area contributed by atoms with Crippen LogP contribution < -0.4 is 4.74 Å². The number of hydrogen-bond acceptors (Lipinski definition) is 6. The predicted octanol–water partition coefficient (Wildman–Crippen LogP) is 3.89. The minimum atomic E-state index is -0.0824. The molecule has 1 aliphatic heterocycles. The normalized spacial score (nSPS) is 17.4. The quantitative estimate of drug-likeness (QED) is 0.520. The molecule has 4 rings (SSSR count). The van der Waals surface area contributed by atoms with Crippen LogP contribution >= 0.6 is 11.3 Å². The van der Waals surface area contributed by atoms with Crippen molar-refractivity contribution in [3.63, 3.8) is 0 Å². The van der Waals surface area contributed by atoms with Crippen molar-refractivity contribution in [3.05, 3.63) is 81.8 Å². The van der Waals surface area contributed by atoms with Crippen molar-refractivity contribution in [2.75, 3.05) is 26.7 Å². The Hall–Kier alpha value is -2.74. The summed E-state index contributed by atoms with van der Waals surface area (Å²) in [7, 11) is 1.65. The van der Waals surface area contributed by atoms with E-state index < -0.39 is 0 Å². The van der Waals surface area contributed by atoms with Gasteiger partial charge in [-0.05, 0) is 48.4 Å². The molecule has 7 heteroatoms. The van der Waals surface area contributed by atoms with Gasteiger partial charge in [-0.3, -0.25) is 14.7 Å². The van der Waals surface area contributed by atoms with Gasteiger partial charge in [-0.15, -0.1) is 11.3 Å². The van der Waals surface area contributed by atoms with Gasteiger partial charge < -0.3 is 14.4 Å². The Balaban J connectivity index is 1.47. The van der Waals surface area contributed by atoms with E-state index in [1.807, 2.05) is 47.5 Å². The van der Waals surface area contributed by atoms with Crippen molar-refractivity contribution in [1.29, 1.82) is 0 Å². The molecule has 3 aromatic rings. The molecule has 0 radical (unpaired) electrons. The maximum atomic E-state index is 13.2. The maximum absolute atomic E-state index is 13.2. The van der Waals surface area contributed by atoms with Crippen molar-refractivity contribution in [1.82, 2.24) is 14.8 Å². The van der Waals surface area contributed by atoms with Gasteiger partial charge in [-0.2, -0.15) is 0 Å². The van der Waals surface area contributed by atoms with Crippen LogP contribution in [0, 0.1) is 6.92 Å². The molecule has 3 heterocycles. The van der Waals surface area contributed by atoms with Crippen LogP contribution in [-0.2, 0) is 29.2 Å². The molecule has 0 spiro atoms. The molecule has 6 nitrogen and oxygen atoms in total. The van der Waals surface area contributed by atoms with E-state index >= 15 is 0 Å². The van der Waals surface area contributed by atoms with Gasteiger partial charge in [0, 0.05) is 48.3 Å². The van der Waals surface area contributed by atoms with Gasteiger partial charge in [0.2, 0.25) is 5.91 Å². The van der Waals surface area contributed by atoms with Crippen LogP contribution in [0.2, 0.25) is 0 Å². The molecule has 0 N–H and O–H groups in total. The van der Waals surface area contributed by atoms with E-state index in [1.165, 1.54) is 9.75 Å². The van der Waals surface area contributed by atoms with Crippen LogP contribution in [0.15, 0.2) is 60.9 Å². The van der Waals surface area contributed by atoms with E-state index in [0.29, 0.717) is 32.8 Å². The highest BCUT2D eigenvalue weighted by atomic mass is 32.1. The Labute approximate surface area is 193 Å². The predicted molar refractivity (Wildman–Crippen MR) is 126 cm³/mol. The number of aromatic nitrogens is 1. The molecule has 0 aliphatic carbocycles. The first-order valence-electron chi connectivity index (χ1n) is 10.8. The number of benzene rings is 1. The fraction of sp³-hybridized carbons (Fsp3) is 0.360. The number of amides is 1. The number of carbonyl (C=O) groups excluding carboxylic acids is 1. The molecule has 32 heavy (non-hydrogen) atoms. The van der Waals surface area contributed by atoms with Gasteiger partial charge in [0.25, 0.3) is 0 Å². The highest BCUT2D eigenvalue weighted by Crippen LogP contribution is 2.21. The number of ether oxygens (including phenoxy) is 2. The lowest BCUT2D eigenvalue weighted by Gasteiger charge is -2.25. The van der Waals surface area contributed by atoms with E-state index in [2.05, 4.69) is 28.9 Å². The van der Waals surface area contributed by atoms with E-state index in [4.69, 9.17) is 9.47 Å². The molecule has 1 amide bonds. The van der Waals surface area contributed by atoms with E-state index in [9.17, 15) is 4.79 Å². The lowest BCUT2D eigenvalue weighted by atomic mass is 10.2. The van der Waals surface area contributed by atoms with Gasteiger partial charge in [0.15, 0.2) is 0 Å². The standard InChI is InChI=1S/C25H29N3O3S/c1-19-5-10-24(32-19)16-27-14-23(31-18-21-4-3-11-26-12-21)15-28(25(29)17-27)13-20-6-8-22(30-2)9-7-20/h3-12,23H,13-18H2,1-2H3. The average molecular weight is 452 g/mol. The first kappa shape index (κ1) is 22.5. The third kappa shape index (κ3) is 6.16. The van der Waals surface area contributed by atoms with Crippen LogP contribution in [0.4, 0.5) is 0 Å². The van der Waals surface area contributed by atoms with Crippen molar-refractivity contribution in [2.45, 2.75) is 32.7 Å². The van der Waals surface area contributed by atoms with Crippen molar-refractivity contribution < 1.29 is 14.3 Å². The molecule has 1 aliphatic rings. The summed E-state index contributed by atoms with van der Waals surface area (Å²) in [6, 6.07) is 16.1. The van der Waals surface area contributed by atoms with E-state index in [-0.39, 0.29) is 12.0 Å². The fourth-order valence-electron chi connectivity index (χ4n) is 3.87. The van der Waals surface area contributed by atoms with Crippen LogP contribution in [-0.4, -0.2) is 53.5 Å². The second kappa shape index (κ2) is 10.7. The number of methoxy groups -OCH3 is 1. The van der Waals surface area contributed by atoms with Crippen LogP contribution in [0.5, 0.6) is 5.75 Å². The highest BCUT2D eigenvalue weighted by Gasteiger charge is 2.28. The minimum Gasteiger partial charge on any atom is -0.497 e. The topological polar surface area (TPSA) is 54.9 Å². The molecular formula is C25H29N3O3S. The monoisotopic (exact) mass is 451 g/mol. The molecular weight excluding hydrogens is 422 g/mol. The van der Waals surface area contributed by atoms with Crippen LogP contribution in [0.25, 0.3) is 0 Å². The Morgan fingerprint density at radius 1 is 1.06 bits per heavy atom. The zero-order valence-corrected chi connectivity index (χ0v) is 19.4. The fourth-order valence-corrected chi connectivity index (χ4v) is 4.80. The summed E-state index contributed by atoms with van der Waals surface area (Å²) >= 11 is 1.78. The molecule has 1 fully saturated rings. The van der Waals surface area contributed by atoms with Crippen molar-refractivity contribution in [3.8, 4) is 5.75 Å². The zero-order chi connectivity index (χ0) is 22.3. The third-order valence-electron chi connectivity index (χ3n) is 5.51. The van der Waals surface area contributed by atoms with Gasteiger partial charge in [-0.25, -0.2) is 0 Å². The summed E-state index contributed by atoms with van der Waals surface area (Å²) in [6.07, 6.45) is 3.50. The van der Waals surface area contributed by atoms with Crippen LogP contribution in [0.1, 0.15) is 20.9 Å². The largest absolute Gasteiger partial charge is 0.497 e. The van der Waals surface area contributed by atoms with Gasteiger partial charge in [-0.1, -0.05) is 18.2 Å². The average Bonchev–Trinajstić information content (AvgIpc) is 3.15. The first-order valence-corrected chi connectivity index (χ1v) is 11.6. The lowest BCUT2D eigenvalue weighted by molar-refractivity contribution is -0.132. The second-order valence-corrected chi connectivity index (χ2v) is 9.47. The summed E-state index contributed by atoms with van der Waals surface area (Å²) < 4.78 is 11.5. The van der Waals surface area contributed by atoms with Gasteiger partial charge >= 0.3 is 0 Å². The number of rotatable bonds is 8. The third-order valence-corrected chi connectivity index (χ3v) is 6.50. The molecule has 2 aromatic heterocycles. The van der Waals surface area contributed by atoms with Crippen molar-refractivity contribution in [2.24, 2.45) is 0 Å². The molecule has 0 saturated carbocycles. The number of nitrogens with zero attached hydrogens (tertiary/aromatic N) is 3. The zero-order valence-electron chi connectivity index (χ0n) is 18.6. The van der Waals surface area contributed by atoms with Gasteiger partial charge in [0.05, 0.1) is 26.4 Å². The Bertz CT molecular complexity index is 1010. The van der Waals surface area contributed by atoms with Crippen molar-refractivity contribution >= 4 is 17.2 Å². The van der Waals surface area contributed by atoms with E-state index in [1.54, 1.807) is 24.6 Å². The number of thiophene rings is 1. The molecule has 1 saturated heterocycles. The Morgan fingerprint density at radius 2 is 1.91 bits per heavy atom. The molecule has 1 unspecified atom stereocenters. The minimum absolute atomic E-state index is 0.0824. The smallest absolute Gasteiger partial charge is 0.237 e. The Morgan fingerprint density at radius 3 is 2.59 bits per heavy atom. The summed E-state index contributed by atoms with van der Waals surface area (Å²) in [5, 5.41) is 0. The molecule has 1 aromatic carbocycles. The molecule has 168 valence electrons. The highest BCUT2D eigenvalue weighted by molar-refractivity contribution is 7.11. The number of pyridine rings is 1. The number of aryl methyl sites for hydroxylation is 1.